The van der Waals surface area contributed by atoms with Gasteiger partial charge in [-0.1, -0.05) is 26.0 Å². The van der Waals surface area contributed by atoms with E-state index in [2.05, 4.69) is 30.1 Å². The lowest BCUT2D eigenvalue weighted by Gasteiger charge is -2.37. The summed E-state index contributed by atoms with van der Waals surface area (Å²) in [5.74, 6) is 0.175. The number of fused-ring (bicyclic) bond motifs is 1. The number of piperidine rings is 1. The molecule has 0 spiro atoms. The molecular formula is C34H45BN2O6. The molecule has 2 aliphatic rings. The zero-order chi connectivity index (χ0) is 31.5. The normalized spacial score (nSPS) is 19.9. The third-order valence-corrected chi connectivity index (χ3v) is 9.61. The number of hydrogen-bond acceptors (Lipinski definition) is 8. The Balaban J connectivity index is 1.59. The molecule has 43 heavy (non-hydrogen) atoms. The summed E-state index contributed by atoms with van der Waals surface area (Å²) in [6.07, 6.45) is 2.07. The quantitative estimate of drug-likeness (QED) is 0.265. The molecule has 0 saturated carbocycles. The van der Waals surface area contributed by atoms with Crippen LogP contribution in [0.3, 0.4) is 0 Å². The number of nitrogens with zero attached hydrogens (tertiary/aromatic N) is 1. The smallest absolute Gasteiger partial charge is 0.465 e. The van der Waals surface area contributed by atoms with E-state index in [0.717, 1.165) is 37.1 Å². The lowest BCUT2D eigenvalue weighted by atomic mass is 9.74. The van der Waals surface area contributed by atoms with Crippen LogP contribution < -0.4 is 21.1 Å². The van der Waals surface area contributed by atoms with Crippen molar-refractivity contribution >= 4 is 41.1 Å². The van der Waals surface area contributed by atoms with Crippen LogP contribution in [0.15, 0.2) is 39.5 Å². The predicted octanol–water partition coefficient (Wildman–Crippen LogP) is 6.30. The Labute approximate surface area is 255 Å². The predicted molar refractivity (Wildman–Crippen MR) is 173 cm³/mol. The second-order valence-electron chi connectivity index (χ2n) is 14.0. The van der Waals surface area contributed by atoms with E-state index in [4.69, 9.17) is 18.5 Å². The molecule has 0 amide bonds. The molecule has 1 aromatic heterocycles. The maximum absolute atomic E-state index is 13.7. The van der Waals surface area contributed by atoms with Crippen LogP contribution in [-0.2, 0) is 14.0 Å². The summed E-state index contributed by atoms with van der Waals surface area (Å²) in [5.41, 5.74) is 3.71. The van der Waals surface area contributed by atoms with E-state index in [0.29, 0.717) is 39.1 Å². The number of rotatable bonds is 6. The Morgan fingerprint density at radius 3 is 2.26 bits per heavy atom. The van der Waals surface area contributed by atoms with E-state index in [9.17, 15) is 9.59 Å². The first-order chi connectivity index (χ1) is 20.0. The van der Waals surface area contributed by atoms with Gasteiger partial charge >= 0.3 is 13.1 Å². The molecule has 8 nitrogen and oxygen atoms in total. The van der Waals surface area contributed by atoms with Gasteiger partial charge in [0, 0.05) is 29.8 Å². The summed E-state index contributed by atoms with van der Waals surface area (Å²) < 4.78 is 24.6. The van der Waals surface area contributed by atoms with Gasteiger partial charge in [0.1, 0.15) is 5.58 Å². The molecule has 1 N–H and O–H groups in total. The highest BCUT2D eigenvalue weighted by atomic mass is 16.7. The van der Waals surface area contributed by atoms with Crippen LogP contribution in [0.25, 0.3) is 11.0 Å². The number of esters is 1. The molecule has 0 radical (unpaired) electrons. The van der Waals surface area contributed by atoms with Gasteiger partial charge in [0.15, 0.2) is 5.43 Å². The molecule has 230 valence electrons. The summed E-state index contributed by atoms with van der Waals surface area (Å²) in [7, 11) is 0.572. The fourth-order valence-corrected chi connectivity index (χ4v) is 6.00. The first kappa shape index (κ1) is 31.1. The van der Waals surface area contributed by atoms with Crippen molar-refractivity contribution < 1.29 is 23.3 Å². The SMILES string of the molecule is COC(=O)c1cccc(N[C@@H](C)c2cc(C)cc3c(=O)c(C)c(N4CCC(C)(C)CC4)oc23)c1B1OC(C)(C)C(C)(C)O1. The Kier molecular flexibility index (Phi) is 7.97. The first-order valence-corrected chi connectivity index (χ1v) is 15.2. The maximum Gasteiger partial charge on any atom is 0.497 e. The number of carbonyl (C=O) groups excluding carboxylic acids is 1. The molecule has 2 saturated heterocycles. The Bertz CT molecular complexity index is 1600. The van der Waals surface area contributed by atoms with Crippen molar-refractivity contribution in [1.29, 1.82) is 0 Å². The standard InChI is InChI=1S/C34H45BN2O6/c1-20-18-24(29-25(19-20)28(38)21(2)30(41-29)37-16-14-32(4,5)15-17-37)22(3)36-26-13-11-12-23(31(39)40-10)27(26)35-42-33(6,7)34(8,9)43-35/h11-13,18-19,22,36H,14-17H2,1-10H3/t22-/m0/s1. The number of aryl methyl sites for hydroxylation is 1. The second-order valence-corrected chi connectivity index (χ2v) is 14.0. The molecular weight excluding hydrogens is 543 g/mol. The van der Waals surface area contributed by atoms with Gasteiger partial charge in [-0.25, -0.2) is 4.79 Å². The summed E-state index contributed by atoms with van der Waals surface area (Å²) in [6.45, 7) is 20.0. The van der Waals surface area contributed by atoms with Crippen molar-refractivity contribution in [1.82, 2.24) is 0 Å². The van der Waals surface area contributed by atoms with Gasteiger partial charge in [0.25, 0.3) is 0 Å². The van der Waals surface area contributed by atoms with Gasteiger partial charge in [-0.15, -0.1) is 0 Å². The largest absolute Gasteiger partial charge is 0.497 e. The van der Waals surface area contributed by atoms with Gasteiger partial charge < -0.3 is 28.7 Å². The van der Waals surface area contributed by atoms with Crippen LogP contribution >= 0.6 is 0 Å². The Hall–Kier alpha value is -3.30. The van der Waals surface area contributed by atoms with Gasteiger partial charge in [-0.2, -0.15) is 0 Å². The van der Waals surface area contributed by atoms with Gasteiger partial charge in [-0.05, 0) is 90.5 Å². The minimum Gasteiger partial charge on any atom is -0.465 e. The second kappa shape index (κ2) is 11.0. The van der Waals surface area contributed by atoms with Crippen molar-refractivity contribution in [3.05, 3.63) is 62.8 Å². The van der Waals surface area contributed by atoms with E-state index in [1.807, 2.05) is 66.7 Å². The molecule has 5 rings (SSSR count). The zero-order valence-corrected chi connectivity index (χ0v) is 27.3. The number of methoxy groups -OCH3 is 1. The van der Waals surface area contributed by atoms with Crippen LogP contribution in [0.4, 0.5) is 11.6 Å². The molecule has 0 unspecified atom stereocenters. The van der Waals surface area contributed by atoms with E-state index >= 15 is 0 Å². The lowest BCUT2D eigenvalue weighted by molar-refractivity contribution is 0.00578. The molecule has 0 bridgehead atoms. The third kappa shape index (κ3) is 5.69. The lowest BCUT2D eigenvalue weighted by Crippen LogP contribution is -2.41. The van der Waals surface area contributed by atoms with Crippen molar-refractivity contribution in [2.45, 2.75) is 92.4 Å². The van der Waals surface area contributed by atoms with E-state index < -0.39 is 24.3 Å². The highest BCUT2D eigenvalue weighted by Crippen LogP contribution is 2.39. The molecule has 3 heterocycles. The van der Waals surface area contributed by atoms with Crippen LogP contribution in [0.1, 0.15) is 94.4 Å². The van der Waals surface area contributed by atoms with Crippen LogP contribution in [0, 0.1) is 19.3 Å². The number of nitrogens with one attached hydrogen (secondary N) is 1. The van der Waals surface area contributed by atoms with Gasteiger partial charge in [0.2, 0.25) is 5.88 Å². The van der Waals surface area contributed by atoms with Crippen LogP contribution in [0.2, 0.25) is 0 Å². The fraction of sp³-hybridized carbons (Fsp3) is 0.529. The van der Waals surface area contributed by atoms with E-state index in [1.165, 1.54) is 7.11 Å². The van der Waals surface area contributed by atoms with Crippen molar-refractivity contribution in [3.63, 3.8) is 0 Å². The molecule has 0 aliphatic carbocycles. The summed E-state index contributed by atoms with van der Waals surface area (Å²) >= 11 is 0. The molecule has 3 aromatic rings. The monoisotopic (exact) mass is 588 g/mol. The zero-order valence-electron chi connectivity index (χ0n) is 27.3. The Morgan fingerprint density at radius 2 is 1.65 bits per heavy atom. The van der Waals surface area contributed by atoms with Crippen molar-refractivity contribution in [2.75, 3.05) is 30.4 Å². The van der Waals surface area contributed by atoms with E-state index in [-0.39, 0.29) is 16.9 Å². The third-order valence-electron chi connectivity index (χ3n) is 9.61. The number of ether oxygens (including phenoxy) is 1. The average Bonchev–Trinajstić information content (AvgIpc) is 3.16. The minimum atomic E-state index is -0.792. The number of carbonyl (C=O) groups is 1. The molecule has 2 aromatic carbocycles. The highest BCUT2D eigenvalue weighted by molar-refractivity contribution is 6.65. The molecule has 2 fully saturated rings. The molecule has 9 heteroatoms. The molecule has 2 aliphatic heterocycles. The minimum absolute atomic E-state index is 0.0103. The van der Waals surface area contributed by atoms with Crippen molar-refractivity contribution in [2.24, 2.45) is 5.41 Å². The van der Waals surface area contributed by atoms with Gasteiger partial charge in [-0.3, -0.25) is 4.79 Å². The van der Waals surface area contributed by atoms with Gasteiger partial charge in [0.05, 0.1) is 40.9 Å². The molecule has 1 atom stereocenters. The number of benzene rings is 2. The fourth-order valence-electron chi connectivity index (χ4n) is 6.00. The van der Waals surface area contributed by atoms with Crippen LogP contribution in [0.5, 0.6) is 0 Å². The summed E-state index contributed by atoms with van der Waals surface area (Å²) in [5, 5.41) is 4.16. The van der Waals surface area contributed by atoms with Crippen molar-refractivity contribution in [3.8, 4) is 0 Å². The Morgan fingerprint density at radius 1 is 1.02 bits per heavy atom. The number of anilines is 2. The maximum atomic E-state index is 13.7. The summed E-state index contributed by atoms with van der Waals surface area (Å²) in [6, 6.07) is 9.10. The number of hydrogen-bond donors (Lipinski definition) is 1. The summed E-state index contributed by atoms with van der Waals surface area (Å²) in [4.78, 5) is 28.8. The topological polar surface area (TPSA) is 90.2 Å². The van der Waals surface area contributed by atoms with Crippen LogP contribution in [-0.4, -0.2) is 44.5 Å². The first-order valence-electron chi connectivity index (χ1n) is 15.2. The van der Waals surface area contributed by atoms with E-state index in [1.54, 1.807) is 6.07 Å². The highest BCUT2D eigenvalue weighted by Gasteiger charge is 2.53. The average molecular weight is 589 g/mol.